The van der Waals surface area contributed by atoms with Gasteiger partial charge in [-0.15, -0.1) is 12.6 Å². The molecule has 19 heavy (non-hydrogen) atoms. The second kappa shape index (κ2) is 6.31. The Bertz CT molecular complexity index is 469. The van der Waals surface area contributed by atoms with Gasteiger partial charge in [0.1, 0.15) is 0 Å². The van der Waals surface area contributed by atoms with Crippen molar-refractivity contribution in [3.8, 4) is 0 Å². The summed E-state index contributed by atoms with van der Waals surface area (Å²) in [6.07, 6.45) is 6.19. The highest BCUT2D eigenvalue weighted by molar-refractivity contribution is 9.10. The molecule has 1 saturated carbocycles. The summed E-state index contributed by atoms with van der Waals surface area (Å²) in [5, 5.41) is 3.09. The number of carbonyl (C=O) groups excluding carboxylic acids is 1. The summed E-state index contributed by atoms with van der Waals surface area (Å²) < 4.78 is 0.940. The molecule has 0 radical (unpaired) electrons. The summed E-state index contributed by atoms with van der Waals surface area (Å²) >= 11 is 7.74. The zero-order valence-electron chi connectivity index (χ0n) is 11.2. The van der Waals surface area contributed by atoms with E-state index in [1.807, 2.05) is 18.2 Å². The largest absolute Gasteiger partial charge is 0.351 e. The van der Waals surface area contributed by atoms with Crippen LogP contribution in [0.5, 0.6) is 0 Å². The molecule has 1 aliphatic carbocycles. The normalized spacial score (nSPS) is 17.4. The maximum atomic E-state index is 12.2. The Kier molecular flexibility index (Phi) is 4.96. The maximum Gasteiger partial charge on any atom is 0.252 e. The van der Waals surface area contributed by atoms with Gasteiger partial charge in [0.05, 0.1) is 5.56 Å². The second-order valence-corrected chi connectivity index (χ2v) is 6.80. The zero-order chi connectivity index (χ0) is 13.9. The summed E-state index contributed by atoms with van der Waals surface area (Å²) in [4.78, 5) is 12.9. The van der Waals surface area contributed by atoms with Gasteiger partial charge in [-0.25, -0.2) is 0 Å². The summed E-state index contributed by atoms with van der Waals surface area (Å²) in [7, 11) is 0. The van der Waals surface area contributed by atoms with E-state index in [0.717, 1.165) is 17.4 Å². The molecule has 1 aromatic carbocycles. The molecule has 0 bridgehead atoms. The molecule has 4 heteroatoms. The van der Waals surface area contributed by atoms with Crippen molar-refractivity contribution >= 4 is 34.5 Å². The molecule has 1 amide bonds. The van der Waals surface area contributed by atoms with Crippen molar-refractivity contribution in [2.75, 3.05) is 6.54 Å². The van der Waals surface area contributed by atoms with Gasteiger partial charge in [0.25, 0.3) is 5.91 Å². The number of nitrogens with one attached hydrogen (secondary N) is 1. The molecular weight excluding hydrogens is 322 g/mol. The third kappa shape index (κ3) is 3.54. The predicted molar refractivity (Wildman–Crippen MR) is 84.9 cm³/mol. The lowest BCUT2D eigenvalue weighted by Gasteiger charge is -2.27. The van der Waals surface area contributed by atoms with Crippen molar-refractivity contribution in [3.05, 3.63) is 28.2 Å². The fourth-order valence-corrected chi connectivity index (χ4v) is 3.69. The third-order valence-electron chi connectivity index (χ3n) is 4.24. The number of carbonyl (C=O) groups is 1. The van der Waals surface area contributed by atoms with Crippen LogP contribution in [0.4, 0.5) is 0 Å². The van der Waals surface area contributed by atoms with Crippen LogP contribution in [-0.4, -0.2) is 12.5 Å². The molecule has 0 aromatic heterocycles. The highest BCUT2D eigenvalue weighted by atomic mass is 79.9. The van der Waals surface area contributed by atoms with Gasteiger partial charge in [-0.05, 0) is 42.9 Å². The minimum atomic E-state index is -0.0165. The number of halogens is 1. The fraction of sp³-hybridized carbons (Fsp3) is 0.533. The Morgan fingerprint density at radius 3 is 2.68 bits per heavy atom. The molecule has 0 unspecified atom stereocenters. The number of hydrogen-bond donors (Lipinski definition) is 2. The molecular formula is C15H20BrNOS. The average molecular weight is 342 g/mol. The quantitative estimate of drug-likeness (QED) is 0.779. The number of thiol groups is 1. The van der Waals surface area contributed by atoms with Gasteiger partial charge < -0.3 is 5.32 Å². The number of rotatable bonds is 4. The summed E-state index contributed by atoms with van der Waals surface area (Å²) in [5.74, 6) is -0.0165. The lowest BCUT2D eigenvalue weighted by atomic mass is 9.83. The van der Waals surface area contributed by atoms with Crippen molar-refractivity contribution < 1.29 is 4.79 Å². The molecule has 0 saturated heterocycles. The molecule has 2 rings (SSSR count). The first kappa shape index (κ1) is 14.9. The van der Waals surface area contributed by atoms with E-state index in [0.29, 0.717) is 15.9 Å². The van der Waals surface area contributed by atoms with Crippen LogP contribution in [0.25, 0.3) is 0 Å². The molecule has 1 aliphatic rings. The van der Waals surface area contributed by atoms with Gasteiger partial charge in [-0.3, -0.25) is 4.79 Å². The maximum absolute atomic E-state index is 12.2. The van der Waals surface area contributed by atoms with Crippen LogP contribution in [0, 0.1) is 5.41 Å². The molecule has 2 nitrogen and oxygen atoms in total. The van der Waals surface area contributed by atoms with Crippen LogP contribution in [0.3, 0.4) is 0 Å². The van der Waals surface area contributed by atoms with Crippen LogP contribution < -0.4 is 5.32 Å². The lowest BCUT2D eigenvalue weighted by Crippen LogP contribution is -2.35. The van der Waals surface area contributed by atoms with Gasteiger partial charge >= 0.3 is 0 Å². The smallest absolute Gasteiger partial charge is 0.252 e. The van der Waals surface area contributed by atoms with E-state index in [1.165, 1.54) is 25.7 Å². The van der Waals surface area contributed by atoms with Gasteiger partial charge in [0.15, 0.2) is 0 Å². The van der Waals surface area contributed by atoms with E-state index in [1.54, 1.807) is 0 Å². The molecule has 0 heterocycles. The van der Waals surface area contributed by atoms with E-state index >= 15 is 0 Å². The van der Waals surface area contributed by atoms with Crippen LogP contribution in [0.15, 0.2) is 27.6 Å². The Hall–Kier alpha value is -0.480. The first-order valence-corrected chi connectivity index (χ1v) is 8.07. The molecule has 1 N–H and O–H groups in total. The van der Waals surface area contributed by atoms with Crippen molar-refractivity contribution in [1.82, 2.24) is 5.32 Å². The molecule has 104 valence electrons. The average Bonchev–Trinajstić information content (AvgIpc) is 2.85. The Morgan fingerprint density at radius 2 is 2.11 bits per heavy atom. The minimum absolute atomic E-state index is 0.0165. The van der Waals surface area contributed by atoms with Gasteiger partial charge in [0.2, 0.25) is 0 Å². The SMILES string of the molecule is CCC1(CNC(=O)c2ccc(Br)cc2S)CCCC1. The van der Waals surface area contributed by atoms with Crippen molar-refractivity contribution in [1.29, 1.82) is 0 Å². The van der Waals surface area contributed by atoms with E-state index < -0.39 is 0 Å². The summed E-state index contributed by atoms with van der Waals surface area (Å²) in [6, 6.07) is 5.54. The van der Waals surface area contributed by atoms with E-state index in [9.17, 15) is 4.79 Å². The number of amides is 1. The molecule has 1 aromatic rings. The first-order chi connectivity index (χ1) is 9.06. The second-order valence-electron chi connectivity index (χ2n) is 5.40. The Balaban J connectivity index is 2.01. The van der Waals surface area contributed by atoms with Crippen LogP contribution in [-0.2, 0) is 0 Å². The van der Waals surface area contributed by atoms with E-state index in [-0.39, 0.29) is 5.91 Å². The number of benzene rings is 1. The van der Waals surface area contributed by atoms with Gasteiger partial charge in [0, 0.05) is 15.9 Å². The van der Waals surface area contributed by atoms with Gasteiger partial charge in [-0.2, -0.15) is 0 Å². The van der Waals surface area contributed by atoms with E-state index in [2.05, 4.69) is 40.8 Å². The van der Waals surface area contributed by atoms with Crippen molar-refractivity contribution in [3.63, 3.8) is 0 Å². The van der Waals surface area contributed by atoms with Crippen molar-refractivity contribution in [2.24, 2.45) is 5.41 Å². The zero-order valence-corrected chi connectivity index (χ0v) is 13.7. The van der Waals surface area contributed by atoms with Crippen LogP contribution in [0.1, 0.15) is 49.4 Å². The molecule has 0 atom stereocenters. The van der Waals surface area contributed by atoms with Crippen LogP contribution >= 0.6 is 28.6 Å². The highest BCUT2D eigenvalue weighted by Gasteiger charge is 2.32. The standard InChI is InChI=1S/C15H20BrNOS/c1-2-15(7-3-4-8-15)10-17-14(18)12-6-5-11(16)9-13(12)19/h5-6,9,19H,2-4,7-8,10H2,1H3,(H,17,18). The Morgan fingerprint density at radius 1 is 1.42 bits per heavy atom. The Labute approximate surface area is 128 Å². The number of hydrogen-bond acceptors (Lipinski definition) is 2. The summed E-state index contributed by atoms with van der Waals surface area (Å²) in [5.41, 5.74) is 0.970. The first-order valence-electron chi connectivity index (χ1n) is 6.83. The molecule has 0 aliphatic heterocycles. The van der Waals surface area contributed by atoms with E-state index in [4.69, 9.17) is 0 Å². The molecule has 1 fully saturated rings. The monoisotopic (exact) mass is 341 g/mol. The fourth-order valence-electron chi connectivity index (χ4n) is 2.84. The molecule has 0 spiro atoms. The van der Waals surface area contributed by atoms with Crippen molar-refractivity contribution in [2.45, 2.75) is 43.9 Å². The predicted octanol–water partition coefficient (Wildman–Crippen LogP) is 4.44. The van der Waals surface area contributed by atoms with Gasteiger partial charge in [-0.1, -0.05) is 35.7 Å². The third-order valence-corrected chi connectivity index (χ3v) is 5.11. The lowest BCUT2D eigenvalue weighted by molar-refractivity contribution is 0.0926. The van der Waals surface area contributed by atoms with Crippen LogP contribution in [0.2, 0.25) is 0 Å². The minimum Gasteiger partial charge on any atom is -0.351 e. The summed E-state index contributed by atoms with van der Waals surface area (Å²) in [6.45, 7) is 3.01. The highest BCUT2D eigenvalue weighted by Crippen LogP contribution is 2.40. The topological polar surface area (TPSA) is 29.1 Å².